The smallest absolute Gasteiger partial charge is 0.286 e. The number of benzene rings is 2. The predicted octanol–water partition coefficient (Wildman–Crippen LogP) is 3.59. The van der Waals surface area contributed by atoms with Crippen LogP contribution in [0.3, 0.4) is 0 Å². The van der Waals surface area contributed by atoms with Crippen molar-refractivity contribution in [3.63, 3.8) is 0 Å². The average molecular weight is 374 g/mol. The number of fused-ring (bicyclic) bond motifs is 2. The maximum absolute atomic E-state index is 12.4. The maximum atomic E-state index is 12.4. The number of sulfonamides is 1. The second kappa shape index (κ2) is 6.38. The van der Waals surface area contributed by atoms with E-state index < -0.39 is 10.0 Å². The van der Waals surface area contributed by atoms with Gasteiger partial charge in [-0.05, 0) is 30.7 Å². The SMILES string of the molecule is C[C@H]1CCN(CC2=NS(=O)(=O)c3ccccc3N2)c2ccccc2S1. The van der Waals surface area contributed by atoms with Crippen LogP contribution >= 0.6 is 11.8 Å². The van der Waals surface area contributed by atoms with Crippen molar-refractivity contribution in [3.8, 4) is 0 Å². The van der Waals surface area contributed by atoms with Gasteiger partial charge in [-0.25, -0.2) is 0 Å². The number of hydrogen-bond donors (Lipinski definition) is 1. The predicted molar refractivity (Wildman–Crippen MR) is 103 cm³/mol. The van der Waals surface area contributed by atoms with Gasteiger partial charge in [0.25, 0.3) is 10.0 Å². The number of hydrogen-bond acceptors (Lipinski definition) is 5. The van der Waals surface area contributed by atoms with Crippen LogP contribution in [-0.4, -0.2) is 32.6 Å². The Hall–Kier alpha value is -1.99. The summed E-state index contributed by atoms with van der Waals surface area (Å²) in [6, 6.07) is 15.2. The Labute approximate surface area is 152 Å². The molecular weight excluding hydrogens is 354 g/mol. The maximum Gasteiger partial charge on any atom is 0.286 e. The van der Waals surface area contributed by atoms with Crippen molar-refractivity contribution in [3.05, 3.63) is 48.5 Å². The van der Waals surface area contributed by atoms with Crippen molar-refractivity contribution >= 4 is 39.0 Å². The molecule has 2 aliphatic heterocycles. The zero-order chi connectivity index (χ0) is 17.4. The van der Waals surface area contributed by atoms with E-state index in [-0.39, 0.29) is 4.90 Å². The molecule has 2 heterocycles. The molecule has 1 atom stereocenters. The highest BCUT2D eigenvalue weighted by Crippen LogP contribution is 2.37. The molecule has 2 aromatic rings. The molecule has 4 rings (SSSR count). The first-order valence-corrected chi connectivity index (χ1v) is 10.6. The second-order valence-electron chi connectivity index (χ2n) is 6.24. The van der Waals surface area contributed by atoms with E-state index in [1.165, 1.54) is 4.90 Å². The van der Waals surface area contributed by atoms with Gasteiger partial charge in [0.2, 0.25) is 0 Å². The summed E-state index contributed by atoms with van der Waals surface area (Å²) in [6.45, 7) is 3.54. The Kier molecular flexibility index (Phi) is 4.21. The third-order valence-electron chi connectivity index (χ3n) is 4.35. The molecular formula is C18H19N3O2S2. The van der Waals surface area contributed by atoms with E-state index in [4.69, 9.17) is 0 Å². The molecule has 0 saturated heterocycles. The average Bonchev–Trinajstić information content (AvgIpc) is 2.73. The number of anilines is 2. The van der Waals surface area contributed by atoms with E-state index in [9.17, 15) is 8.42 Å². The van der Waals surface area contributed by atoms with Gasteiger partial charge in [-0.1, -0.05) is 31.2 Å². The molecule has 0 radical (unpaired) electrons. The molecule has 0 aromatic heterocycles. The minimum Gasteiger partial charge on any atom is -0.363 e. The van der Waals surface area contributed by atoms with Gasteiger partial charge >= 0.3 is 0 Å². The highest BCUT2D eigenvalue weighted by atomic mass is 32.2. The van der Waals surface area contributed by atoms with E-state index >= 15 is 0 Å². The fraction of sp³-hybridized carbons (Fsp3) is 0.278. The molecule has 0 saturated carbocycles. The van der Waals surface area contributed by atoms with Gasteiger partial charge in [-0.15, -0.1) is 16.2 Å². The van der Waals surface area contributed by atoms with Crippen LogP contribution in [0.25, 0.3) is 0 Å². The largest absolute Gasteiger partial charge is 0.363 e. The van der Waals surface area contributed by atoms with Gasteiger partial charge in [0.05, 0.1) is 17.9 Å². The van der Waals surface area contributed by atoms with E-state index in [1.54, 1.807) is 18.2 Å². The third-order valence-corrected chi connectivity index (χ3v) is 6.96. The minimum atomic E-state index is -3.65. The summed E-state index contributed by atoms with van der Waals surface area (Å²) < 4.78 is 28.9. The number of nitrogens with one attached hydrogen (secondary N) is 1. The van der Waals surface area contributed by atoms with Crippen LogP contribution in [0.5, 0.6) is 0 Å². The molecule has 0 spiro atoms. The standard InChI is InChI=1S/C18H19N3O2S2/c1-13-10-11-21(15-7-3-4-8-16(15)24-13)12-18-19-14-6-2-5-9-17(14)25(22,23)20-18/h2-9,13H,10-12H2,1H3,(H,19,20)/t13-/m0/s1. The van der Waals surface area contributed by atoms with Crippen LogP contribution in [0.4, 0.5) is 11.4 Å². The highest BCUT2D eigenvalue weighted by Gasteiger charge is 2.27. The minimum absolute atomic E-state index is 0.235. The summed E-state index contributed by atoms with van der Waals surface area (Å²) in [6.07, 6.45) is 1.04. The van der Waals surface area contributed by atoms with Gasteiger partial charge in [-0.2, -0.15) is 8.42 Å². The first kappa shape index (κ1) is 16.5. The molecule has 2 aliphatic rings. The topological polar surface area (TPSA) is 61.8 Å². The van der Waals surface area contributed by atoms with Crippen LogP contribution in [0, 0.1) is 0 Å². The van der Waals surface area contributed by atoms with Crippen molar-refractivity contribution in [1.29, 1.82) is 0 Å². The third kappa shape index (κ3) is 3.26. The molecule has 0 unspecified atom stereocenters. The summed E-state index contributed by atoms with van der Waals surface area (Å²) in [4.78, 5) is 3.67. The second-order valence-corrected chi connectivity index (χ2v) is 9.29. The highest BCUT2D eigenvalue weighted by molar-refractivity contribution is 8.00. The molecule has 0 amide bonds. The lowest BCUT2D eigenvalue weighted by Crippen LogP contribution is -2.36. The summed E-state index contributed by atoms with van der Waals surface area (Å²) in [5.74, 6) is 0.466. The van der Waals surface area contributed by atoms with Crippen molar-refractivity contribution in [2.45, 2.75) is 28.4 Å². The monoisotopic (exact) mass is 373 g/mol. The first-order chi connectivity index (χ1) is 12.0. The number of nitrogens with zero attached hydrogens (tertiary/aromatic N) is 2. The zero-order valence-corrected chi connectivity index (χ0v) is 15.5. The lowest BCUT2D eigenvalue weighted by molar-refractivity contribution is 0.597. The Bertz CT molecular complexity index is 941. The molecule has 0 fully saturated rings. The zero-order valence-electron chi connectivity index (χ0n) is 13.8. The van der Waals surface area contributed by atoms with Crippen LogP contribution in [0.2, 0.25) is 0 Å². The number of thioether (sulfide) groups is 1. The normalized spacial score (nSPS) is 21.4. The van der Waals surface area contributed by atoms with Gasteiger partial charge in [-0.3, -0.25) is 0 Å². The summed E-state index contributed by atoms with van der Waals surface area (Å²) >= 11 is 1.87. The van der Waals surface area contributed by atoms with Gasteiger partial charge in [0, 0.05) is 16.7 Å². The molecule has 0 aliphatic carbocycles. The van der Waals surface area contributed by atoms with E-state index in [1.807, 2.05) is 30.0 Å². The molecule has 7 heteroatoms. The number of para-hydroxylation sites is 2. The lowest BCUT2D eigenvalue weighted by atomic mass is 10.2. The summed E-state index contributed by atoms with van der Waals surface area (Å²) in [7, 11) is -3.65. The van der Waals surface area contributed by atoms with Crippen molar-refractivity contribution < 1.29 is 8.42 Å². The van der Waals surface area contributed by atoms with E-state index in [0.29, 0.717) is 23.3 Å². The van der Waals surface area contributed by atoms with Gasteiger partial charge in [0.1, 0.15) is 10.7 Å². The Balaban J connectivity index is 1.66. The lowest BCUT2D eigenvalue weighted by Gasteiger charge is -2.27. The van der Waals surface area contributed by atoms with Gasteiger partial charge in [0.15, 0.2) is 0 Å². The van der Waals surface area contributed by atoms with Crippen molar-refractivity contribution in [1.82, 2.24) is 0 Å². The number of amidine groups is 1. The summed E-state index contributed by atoms with van der Waals surface area (Å²) in [5, 5.41) is 3.71. The van der Waals surface area contributed by atoms with Crippen molar-refractivity contribution in [2.24, 2.45) is 4.40 Å². The van der Waals surface area contributed by atoms with Crippen LogP contribution in [0.1, 0.15) is 13.3 Å². The molecule has 25 heavy (non-hydrogen) atoms. The summed E-state index contributed by atoms with van der Waals surface area (Å²) in [5.41, 5.74) is 1.73. The molecule has 0 bridgehead atoms. The van der Waals surface area contributed by atoms with E-state index in [2.05, 4.69) is 33.7 Å². The molecule has 1 N–H and O–H groups in total. The van der Waals surface area contributed by atoms with Gasteiger partial charge < -0.3 is 10.2 Å². The van der Waals surface area contributed by atoms with Crippen LogP contribution in [-0.2, 0) is 10.0 Å². The Morgan fingerprint density at radius 2 is 1.96 bits per heavy atom. The van der Waals surface area contributed by atoms with Crippen LogP contribution < -0.4 is 10.2 Å². The van der Waals surface area contributed by atoms with E-state index in [0.717, 1.165) is 18.7 Å². The molecule has 130 valence electrons. The van der Waals surface area contributed by atoms with Crippen LogP contribution in [0.15, 0.2) is 62.7 Å². The van der Waals surface area contributed by atoms with Crippen molar-refractivity contribution in [2.75, 3.05) is 23.3 Å². The fourth-order valence-corrected chi connectivity index (χ4v) is 5.40. The number of rotatable bonds is 2. The molecule has 5 nitrogen and oxygen atoms in total. The first-order valence-electron chi connectivity index (χ1n) is 8.23. The molecule has 2 aromatic carbocycles. The fourth-order valence-electron chi connectivity index (χ4n) is 3.13. The quantitative estimate of drug-likeness (QED) is 0.872. The Morgan fingerprint density at radius 1 is 1.20 bits per heavy atom. The Morgan fingerprint density at radius 3 is 2.84 bits per heavy atom.